The van der Waals surface area contributed by atoms with Crippen molar-refractivity contribution in [2.75, 3.05) is 0 Å². The highest BCUT2D eigenvalue weighted by atomic mass is 16.2. The molecule has 0 atom stereocenters. The minimum Gasteiger partial charge on any atom is -0.292 e. The first kappa shape index (κ1) is 6.01. The number of amides is 2. The Kier molecular flexibility index (Phi) is 1.34. The predicted molar refractivity (Wildman–Crippen MR) is 33.6 cm³/mol. The standard InChI is InChI=1S/C6H7NO2.H2/c1-2-4-3-5(8)7-6(4)9;/h2H,3H2,1H3,(H,7,8,9);1H/i;1+2. The van der Waals surface area contributed by atoms with E-state index in [1.165, 1.54) is 0 Å². The Morgan fingerprint density at radius 2 is 2.33 bits per heavy atom. The van der Waals surface area contributed by atoms with Gasteiger partial charge in [0.15, 0.2) is 0 Å². The fraction of sp³-hybridized carbons (Fsp3) is 0.333. The largest absolute Gasteiger partial charge is 0.292 e. The summed E-state index contributed by atoms with van der Waals surface area (Å²) in [5, 5.41) is 2.17. The molecule has 1 saturated heterocycles. The first-order chi connectivity index (χ1) is 4.24. The highest BCUT2D eigenvalue weighted by Crippen LogP contribution is 2.07. The van der Waals surface area contributed by atoms with Gasteiger partial charge in [0.05, 0.1) is 6.42 Å². The molecule has 0 aromatic rings. The number of allylic oxidation sites excluding steroid dienone is 1. The second kappa shape index (κ2) is 2.01. The van der Waals surface area contributed by atoms with Crippen molar-refractivity contribution >= 4 is 11.8 Å². The zero-order valence-corrected chi connectivity index (χ0v) is 5.10. The van der Waals surface area contributed by atoms with E-state index in [0.29, 0.717) is 5.57 Å². The molecule has 1 heterocycles. The van der Waals surface area contributed by atoms with Crippen LogP contribution < -0.4 is 5.32 Å². The summed E-state index contributed by atoms with van der Waals surface area (Å²) in [5.74, 6) is -0.449. The van der Waals surface area contributed by atoms with Crippen LogP contribution in [0.5, 0.6) is 0 Å². The van der Waals surface area contributed by atoms with E-state index >= 15 is 0 Å². The molecule has 50 valence electrons. The van der Waals surface area contributed by atoms with Gasteiger partial charge in [-0.05, 0) is 6.92 Å². The maximum atomic E-state index is 10.6. The van der Waals surface area contributed by atoms with Crippen LogP contribution in [0.4, 0.5) is 0 Å². The Morgan fingerprint density at radius 1 is 1.67 bits per heavy atom. The van der Waals surface area contributed by atoms with Crippen molar-refractivity contribution < 1.29 is 11.0 Å². The lowest BCUT2D eigenvalue weighted by atomic mass is 10.2. The summed E-state index contributed by atoms with van der Waals surface area (Å²) in [6.45, 7) is 1.74. The average molecular weight is 129 g/mol. The smallest absolute Gasteiger partial charge is 0.253 e. The summed E-state index contributed by atoms with van der Waals surface area (Å²) in [4.78, 5) is 21.1. The summed E-state index contributed by atoms with van der Waals surface area (Å²) >= 11 is 0. The minimum atomic E-state index is -0.248. The Morgan fingerprint density at radius 3 is 2.56 bits per heavy atom. The summed E-state index contributed by atoms with van der Waals surface area (Å²) in [7, 11) is 0. The highest BCUT2D eigenvalue weighted by molar-refractivity contribution is 6.13. The molecule has 1 aliphatic heterocycles. The molecule has 0 unspecified atom stereocenters. The molecule has 0 aromatic heterocycles. The van der Waals surface area contributed by atoms with Crippen molar-refractivity contribution in [3.8, 4) is 0 Å². The number of carbonyl (C=O) groups is 2. The van der Waals surface area contributed by atoms with Crippen LogP contribution in [-0.4, -0.2) is 11.8 Å². The monoisotopic (exact) mass is 129 g/mol. The molecule has 0 spiro atoms. The van der Waals surface area contributed by atoms with Crippen molar-refractivity contribution in [1.82, 2.24) is 5.32 Å². The van der Waals surface area contributed by atoms with Gasteiger partial charge in [0.2, 0.25) is 5.91 Å². The van der Waals surface area contributed by atoms with Crippen LogP contribution >= 0.6 is 0 Å². The van der Waals surface area contributed by atoms with E-state index in [-0.39, 0.29) is 19.7 Å². The molecule has 1 N–H and O–H groups in total. The third-order valence-electron chi connectivity index (χ3n) is 1.24. The fourth-order valence-corrected chi connectivity index (χ4v) is 0.738. The van der Waals surface area contributed by atoms with Gasteiger partial charge in [-0.15, -0.1) is 0 Å². The van der Waals surface area contributed by atoms with Gasteiger partial charge in [-0.2, -0.15) is 0 Å². The Labute approximate surface area is 54.2 Å². The summed E-state index contributed by atoms with van der Waals surface area (Å²) in [6, 6.07) is 0. The van der Waals surface area contributed by atoms with Gasteiger partial charge in [0, 0.05) is 7.00 Å². The number of carbonyl (C=O) groups excluding carboxylic acids is 2. The van der Waals surface area contributed by atoms with Crippen LogP contribution in [0.1, 0.15) is 14.8 Å². The molecule has 2 amide bonds. The summed E-state index contributed by atoms with van der Waals surface area (Å²) < 4.78 is 0. The van der Waals surface area contributed by atoms with Gasteiger partial charge < -0.3 is 0 Å². The van der Waals surface area contributed by atoms with Crippen molar-refractivity contribution in [3.05, 3.63) is 11.6 Å². The summed E-state index contributed by atoms with van der Waals surface area (Å²) in [5.41, 5.74) is 0.569. The van der Waals surface area contributed by atoms with E-state index in [1.807, 2.05) is 0 Å². The van der Waals surface area contributed by atoms with Crippen molar-refractivity contribution in [2.24, 2.45) is 0 Å². The van der Waals surface area contributed by atoms with Crippen molar-refractivity contribution in [3.63, 3.8) is 0 Å². The lowest BCUT2D eigenvalue weighted by Gasteiger charge is -1.83. The van der Waals surface area contributed by atoms with Crippen LogP contribution in [0.3, 0.4) is 0 Å². The van der Waals surface area contributed by atoms with Gasteiger partial charge in [-0.1, -0.05) is 6.08 Å². The van der Waals surface area contributed by atoms with Gasteiger partial charge in [0.1, 0.15) is 0 Å². The van der Waals surface area contributed by atoms with Crippen molar-refractivity contribution in [1.29, 1.82) is 0 Å². The molecule has 0 radical (unpaired) electrons. The van der Waals surface area contributed by atoms with E-state index in [0.717, 1.165) is 0 Å². The van der Waals surface area contributed by atoms with E-state index in [1.54, 1.807) is 13.0 Å². The lowest BCUT2D eigenvalue weighted by Crippen LogP contribution is -2.19. The molecular weight excluding hydrogens is 118 g/mol. The molecule has 3 heteroatoms. The second-order valence-electron chi connectivity index (χ2n) is 1.87. The van der Waals surface area contributed by atoms with Gasteiger partial charge in [0.25, 0.3) is 5.91 Å². The molecular formula is C6H9NO2. The number of hydrogen-bond donors (Lipinski definition) is 1. The van der Waals surface area contributed by atoms with E-state index in [9.17, 15) is 9.59 Å². The molecule has 0 bridgehead atoms. The maximum absolute atomic E-state index is 10.6. The van der Waals surface area contributed by atoms with Crippen LogP contribution in [0.2, 0.25) is 0 Å². The molecule has 1 rings (SSSR count). The fourth-order valence-electron chi connectivity index (χ4n) is 0.738. The predicted octanol–water partition coefficient (Wildman–Crippen LogP) is 0.225. The zero-order chi connectivity index (χ0) is 6.85. The first-order valence-electron chi connectivity index (χ1n) is 2.73. The third kappa shape index (κ3) is 0.988. The zero-order valence-electron chi connectivity index (χ0n) is 5.10. The number of hydrogen-bond acceptors (Lipinski definition) is 2. The van der Waals surface area contributed by atoms with Crippen LogP contribution in [0.15, 0.2) is 11.6 Å². The lowest BCUT2D eigenvalue weighted by molar-refractivity contribution is -0.124. The normalized spacial score (nSPS) is 23.0. The third-order valence-corrected chi connectivity index (χ3v) is 1.24. The molecule has 0 saturated carbocycles. The second-order valence-corrected chi connectivity index (χ2v) is 1.87. The van der Waals surface area contributed by atoms with Crippen molar-refractivity contribution in [2.45, 2.75) is 13.3 Å². The Bertz CT molecular complexity index is 198. The SMILES string of the molecule is CC=C1CC(=O)NC1=O.[3HH]. The molecule has 0 aliphatic carbocycles. The van der Waals surface area contributed by atoms with Crippen LogP contribution in [0, 0.1) is 0 Å². The molecule has 1 aliphatic rings. The van der Waals surface area contributed by atoms with E-state index < -0.39 is 0 Å². The Hall–Kier alpha value is -1.12. The van der Waals surface area contributed by atoms with E-state index in [2.05, 4.69) is 5.32 Å². The quantitative estimate of drug-likeness (QED) is 0.376. The van der Waals surface area contributed by atoms with Gasteiger partial charge >= 0.3 is 0 Å². The minimum absolute atomic E-state index is 0. The average Bonchev–Trinajstić information content (AvgIpc) is 2.10. The van der Waals surface area contributed by atoms with Crippen LogP contribution in [0.25, 0.3) is 0 Å². The molecule has 1 fully saturated rings. The molecule has 0 aromatic carbocycles. The highest BCUT2D eigenvalue weighted by Gasteiger charge is 2.22. The summed E-state index contributed by atoms with van der Waals surface area (Å²) in [6.07, 6.45) is 1.90. The molecule has 3 nitrogen and oxygen atoms in total. The first-order valence-corrected chi connectivity index (χ1v) is 2.73. The number of imide groups is 1. The van der Waals surface area contributed by atoms with Crippen LogP contribution in [-0.2, 0) is 9.59 Å². The number of nitrogens with one attached hydrogen (secondary N) is 1. The van der Waals surface area contributed by atoms with E-state index in [4.69, 9.17) is 0 Å². The topological polar surface area (TPSA) is 46.2 Å². The van der Waals surface area contributed by atoms with Gasteiger partial charge in [-0.25, -0.2) is 0 Å². The molecule has 9 heavy (non-hydrogen) atoms. The Balaban J connectivity index is 0.000000810. The van der Waals surface area contributed by atoms with Gasteiger partial charge in [-0.3, -0.25) is 14.9 Å². The number of rotatable bonds is 0. The maximum Gasteiger partial charge on any atom is 0.253 e.